The SMILES string of the molecule is C/C(=C\c1cccc(-c2ccc(-c3ccccc3)cc2)c1N)c1cccc(Cc2cccc(-c3ccccc3)c2)c1.CCc1ccccc1. The highest BCUT2D eigenvalue weighted by Gasteiger charge is 2.08. The normalized spacial score (nSPS) is 11.0. The zero-order valence-corrected chi connectivity index (χ0v) is 28.4. The van der Waals surface area contributed by atoms with Gasteiger partial charge in [0, 0.05) is 11.3 Å². The largest absolute Gasteiger partial charge is 0.398 e. The fourth-order valence-electron chi connectivity index (χ4n) is 6.12. The number of benzene rings is 7. The molecule has 7 rings (SSSR count). The van der Waals surface area contributed by atoms with Crippen LogP contribution in [0.2, 0.25) is 0 Å². The van der Waals surface area contributed by atoms with Crippen LogP contribution in [-0.4, -0.2) is 0 Å². The van der Waals surface area contributed by atoms with Gasteiger partial charge in [-0.25, -0.2) is 0 Å². The van der Waals surface area contributed by atoms with E-state index in [2.05, 4.69) is 190 Å². The lowest BCUT2D eigenvalue weighted by molar-refractivity contribution is 1.14. The molecule has 0 aliphatic rings. The molecular formula is C48H43N. The van der Waals surface area contributed by atoms with Crippen LogP contribution < -0.4 is 5.73 Å². The lowest BCUT2D eigenvalue weighted by atomic mass is 9.95. The topological polar surface area (TPSA) is 26.0 Å². The van der Waals surface area contributed by atoms with Gasteiger partial charge in [-0.1, -0.05) is 189 Å². The van der Waals surface area contributed by atoms with Gasteiger partial charge in [0.25, 0.3) is 0 Å². The quantitative estimate of drug-likeness (QED) is 0.131. The van der Waals surface area contributed by atoms with Gasteiger partial charge in [-0.05, 0) is 87.0 Å². The Morgan fingerprint density at radius 1 is 0.469 bits per heavy atom. The Balaban J connectivity index is 0.000000459. The van der Waals surface area contributed by atoms with Gasteiger partial charge in [-0.15, -0.1) is 0 Å². The summed E-state index contributed by atoms with van der Waals surface area (Å²) in [5, 5.41) is 0. The fourth-order valence-corrected chi connectivity index (χ4v) is 6.12. The lowest BCUT2D eigenvalue weighted by Gasteiger charge is -2.12. The van der Waals surface area contributed by atoms with Gasteiger partial charge in [0.2, 0.25) is 0 Å². The summed E-state index contributed by atoms with van der Waals surface area (Å²) in [6, 6.07) is 64.1. The smallest absolute Gasteiger partial charge is 0.0467 e. The number of allylic oxidation sites excluding steroid dienone is 1. The minimum absolute atomic E-state index is 0.799. The zero-order chi connectivity index (χ0) is 33.8. The summed E-state index contributed by atoms with van der Waals surface area (Å²) in [6.07, 6.45) is 4.23. The van der Waals surface area contributed by atoms with E-state index in [9.17, 15) is 0 Å². The summed E-state index contributed by atoms with van der Waals surface area (Å²) in [5.74, 6) is 0. The van der Waals surface area contributed by atoms with Crippen molar-refractivity contribution in [3.8, 4) is 33.4 Å². The number of nitrogen functional groups attached to an aromatic ring is 1. The molecule has 0 atom stereocenters. The van der Waals surface area contributed by atoms with Crippen LogP contribution in [0.5, 0.6) is 0 Å². The molecule has 49 heavy (non-hydrogen) atoms. The number of hydrogen-bond acceptors (Lipinski definition) is 1. The van der Waals surface area contributed by atoms with E-state index in [4.69, 9.17) is 5.73 Å². The third-order valence-electron chi connectivity index (χ3n) is 8.89. The van der Waals surface area contributed by atoms with E-state index in [1.165, 1.54) is 50.1 Å². The molecule has 7 aromatic carbocycles. The first kappa shape index (κ1) is 33.0. The molecule has 0 bridgehead atoms. The zero-order valence-electron chi connectivity index (χ0n) is 28.4. The van der Waals surface area contributed by atoms with Crippen LogP contribution in [-0.2, 0) is 12.8 Å². The molecule has 0 aliphatic carbocycles. The van der Waals surface area contributed by atoms with Gasteiger partial charge in [-0.2, -0.15) is 0 Å². The number of nitrogens with two attached hydrogens (primary N) is 1. The molecule has 0 heterocycles. The highest BCUT2D eigenvalue weighted by Crippen LogP contribution is 2.33. The molecule has 0 fully saturated rings. The van der Waals surface area contributed by atoms with Crippen LogP contribution in [0.3, 0.4) is 0 Å². The van der Waals surface area contributed by atoms with E-state index in [1.54, 1.807) is 0 Å². The van der Waals surface area contributed by atoms with Crippen LogP contribution in [0.4, 0.5) is 5.69 Å². The van der Waals surface area contributed by atoms with Crippen molar-refractivity contribution < 1.29 is 0 Å². The molecule has 1 heteroatoms. The molecule has 0 spiro atoms. The molecule has 0 radical (unpaired) electrons. The number of aryl methyl sites for hydroxylation is 1. The molecule has 2 N–H and O–H groups in total. The third-order valence-corrected chi connectivity index (χ3v) is 8.89. The molecule has 0 unspecified atom stereocenters. The Morgan fingerprint density at radius 2 is 0.959 bits per heavy atom. The molecular weight excluding hydrogens is 591 g/mol. The molecule has 1 nitrogen and oxygen atoms in total. The van der Waals surface area contributed by atoms with Crippen LogP contribution in [0, 0.1) is 0 Å². The summed E-state index contributed by atoms with van der Waals surface area (Å²) in [7, 11) is 0. The maximum absolute atomic E-state index is 6.74. The Kier molecular flexibility index (Phi) is 11.0. The summed E-state index contributed by atoms with van der Waals surface area (Å²) in [6.45, 7) is 4.32. The lowest BCUT2D eigenvalue weighted by Crippen LogP contribution is -1.95. The molecule has 0 saturated carbocycles. The van der Waals surface area contributed by atoms with E-state index in [0.29, 0.717) is 0 Å². The van der Waals surface area contributed by atoms with Crippen molar-refractivity contribution in [1.29, 1.82) is 0 Å². The van der Waals surface area contributed by atoms with Crippen molar-refractivity contribution >= 4 is 17.3 Å². The predicted octanol–water partition coefficient (Wildman–Crippen LogP) is 12.7. The second kappa shape index (κ2) is 16.3. The summed E-state index contributed by atoms with van der Waals surface area (Å²) in [5.41, 5.74) is 22.1. The molecule has 0 amide bonds. The first-order valence-electron chi connectivity index (χ1n) is 17.1. The third kappa shape index (κ3) is 8.71. The van der Waals surface area contributed by atoms with Gasteiger partial charge in [-0.3, -0.25) is 0 Å². The van der Waals surface area contributed by atoms with E-state index >= 15 is 0 Å². The van der Waals surface area contributed by atoms with Crippen molar-refractivity contribution in [2.45, 2.75) is 26.7 Å². The number of hydrogen-bond donors (Lipinski definition) is 1. The van der Waals surface area contributed by atoms with Crippen molar-refractivity contribution in [2.75, 3.05) is 5.73 Å². The Bertz CT molecular complexity index is 2110. The Labute approximate surface area is 292 Å². The van der Waals surface area contributed by atoms with Crippen molar-refractivity contribution in [3.63, 3.8) is 0 Å². The van der Waals surface area contributed by atoms with Gasteiger partial charge >= 0.3 is 0 Å². The first-order chi connectivity index (χ1) is 24.1. The number of para-hydroxylation sites is 1. The highest BCUT2D eigenvalue weighted by molar-refractivity contribution is 5.90. The first-order valence-corrected chi connectivity index (χ1v) is 17.1. The van der Waals surface area contributed by atoms with Gasteiger partial charge in [0.1, 0.15) is 0 Å². The molecule has 0 saturated heterocycles. The van der Waals surface area contributed by atoms with Crippen LogP contribution >= 0.6 is 0 Å². The summed E-state index contributed by atoms with van der Waals surface area (Å²) in [4.78, 5) is 0. The van der Waals surface area contributed by atoms with Crippen LogP contribution in [0.25, 0.3) is 45.0 Å². The second-order valence-electron chi connectivity index (χ2n) is 12.4. The van der Waals surface area contributed by atoms with Crippen molar-refractivity contribution in [1.82, 2.24) is 0 Å². The molecule has 240 valence electrons. The average molecular weight is 634 g/mol. The van der Waals surface area contributed by atoms with Crippen molar-refractivity contribution in [2.24, 2.45) is 0 Å². The minimum Gasteiger partial charge on any atom is -0.398 e. The molecule has 7 aromatic rings. The van der Waals surface area contributed by atoms with Crippen LogP contribution in [0.1, 0.15) is 41.7 Å². The van der Waals surface area contributed by atoms with E-state index in [0.717, 1.165) is 35.2 Å². The van der Waals surface area contributed by atoms with Crippen LogP contribution in [0.15, 0.2) is 182 Å². The van der Waals surface area contributed by atoms with E-state index < -0.39 is 0 Å². The van der Waals surface area contributed by atoms with Gasteiger partial charge in [0.05, 0.1) is 0 Å². The predicted molar refractivity (Wildman–Crippen MR) is 212 cm³/mol. The second-order valence-corrected chi connectivity index (χ2v) is 12.4. The monoisotopic (exact) mass is 633 g/mol. The number of rotatable bonds is 8. The van der Waals surface area contributed by atoms with Gasteiger partial charge in [0.15, 0.2) is 0 Å². The fraction of sp³-hybridized carbons (Fsp3) is 0.0833. The average Bonchev–Trinajstić information content (AvgIpc) is 3.17. The highest BCUT2D eigenvalue weighted by atomic mass is 14.6. The van der Waals surface area contributed by atoms with E-state index in [-0.39, 0.29) is 0 Å². The molecule has 0 aliphatic heterocycles. The maximum Gasteiger partial charge on any atom is 0.0467 e. The van der Waals surface area contributed by atoms with Gasteiger partial charge < -0.3 is 5.73 Å². The minimum atomic E-state index is 0.799. The Morgan fingerprint density at radius 3 is 1.59 bits per heavy atom. The standard InChI is InChI=1S/C40H33N.C8H10/c1-29(36-17-8-11-30(27-36)26-31-12-9-18-37(28-31)33-15-6-3-7-16-33)25-38-19-10-20-39(40(38)41)35-23-21-34(22-24-35)32-13-4-2-5-14-32;1-2-8-6-4-3-5-7-8/h2-25,27-28H,26,41H2,1H3;3-7H,2H2,1H3/b29-25+;. The Hall–Kier alpha value is -5.92. The summed E-state index contributed by atoms with van der Waals surface area (Å²) < 4.78 is 0. The maximum atomic E-state index is 6.74. The molecule has 0 aromatic heterocycles. The summed E-state index contributed by atoms with van der Waals surface area (Å²) >= 11 is 0. The van der Waals surface area contributed by atoms with E-state index in [1.807, 2.05) is 12.1 Å². The van der Waals surface area contributed by atoms with Crippen molar-refractivity contribution in [3.05, 3.63) is 210 Å². The number of anilines is 1.